The lowest BCUT2D eigenvalue weighted by atomic mass is 10.1. The Kier molecular flexibility index (Phi) is 6.61. The fourth-order valence-electron chi connectivity index (χ4n) is 1.92. The molecule has 0 radical (unpaired) electrons. The van der Waals surface area contributed by atoms with Gasteiger partial charge in [0.25, 0.3) is 11.8 Å². The van der Waals surface area contributed by atoms with Crippen LogP contribution in [0.3, 0.4) is 0 Å². The highest BCUT2D eigenvalue weighted by Gasteiger charge is 2.55. The molecule has 2 aromatic rings. The van der Waals surface area contributed by atoms with Crippen LogP contribution in [0.5, 0.6) is 0 Å². The number of rotatable bonds is 5. The summed E-state index contributed by atoms with van der Waals surface area (Å²) in [4.78, 5) is 23.8. The van der Waals surface area contributed by atoms with Crippen molar-refractivity contribution < 1.29 is 32.3 Å². The lowest BCUT2D eigenvalue weighted by Crippen LogP contribution is -2.52. The van der Waals surface area contributed by atoms with Gasteiger partial charge in [-0.2, -0.15) is 13.2 Å². The van der Waals surface area contributed by atoms with Crippen LogP contribution in [0.25, 0.3) is 0 Å². The van der Waals surface area contributed by atoms with Crippen LogP contribution >= 0.6 is 23.2 Å². The maximum Gasteiger partial charge on any atom is 0.426 e. The first-order valence-corrected chi connectivity index (χ1v) is 8.50. The number of carbonyl (C=O) groups excluding carboxylic acids is 2. The first-order valence-electron chi connectivity index (χ1n) is 7.74. The number of carbonyl (C=O) groups is 2. The topological polar surface area (TPSA) is 90.5 Å². The summed E-state index contributed by atoms with van der Waals surface area (Å²) < 4.78 is 51.7. The smallest absolute Gasteiger partial charge is 0.373 e. The van der Waals surface area contributed by atoms with Gasteiger partial charge in [0, 0.05) is 10.6 Å². The Balaban J connectivity index is 2.09. The normalized spacial score (nSPS) is 13.4. The van der Waals surface area contributed by atoms with Crippen LogP contribution in [0.4, 0.5) is 28.9 Å². The van der Waals surface area contributed by atoms with Crippen molar-refractivity contribution in [1.82, 2.24) is 5.43 Å². The van der Waals surface area contributed by atoms with E-state index in [1.54, 1.807) is 0 Å². The molecule has 156 valence electrons. The number of hydrogen-bond donors (Lipinski definition) is 4. The molecule has 1 unspecified atom stereocenters. The van der Waals surface area contributed by atoms with E-state index in [1.165, 1.54) is 12.1 Å². The Morgan fingerprint density at radius 3 is 2.28 bits per heavy atom. The molecule has 0 aromatic heterocycles. The Morgan fingerprint density at radius 2 is 1.69 bits per heavy atom. The third-order valence-corrected chi connectivity index (χ3v) is 4.26. The van der Waals surface area contributed by atoms with E-state index in [0.717, 1.165) is 24.3 Å². The van der Waals surface area contributed by atoms with Crippen molar-refractivity contribution in [2.75, 3.05) is 10.7 Å². The van der Waals surface area contributed by atoms with Crippen LogP contribution in [-0.2, 0) is 4.79 Å². The molecule has 0 aliphatic carbocycles. The van der Waals surface area contributed by atoms with Crippen molar-refractivity contribution in [3.8, 4) is 0 Å². The quantitative estimate of drug-likeness (QED) is 0.404. The summed E-state index contributed by atoms with van der Waals surface area (Å²) in [5.74, 6) is -3.18. The zero-order chi connectivity index (χ0) is 22.0. The van der Waals surface area contributed by atoms with Gasteiger partial charge >= 0.3 is 6.18 Å². The number of alkyl halides is 3. The van der Waals surface area contributed by atoms with E-state index in [2.05, 4.69) is 10.9 Å². The van der Waals surface area contributed by atoms with E-state index in [4.69, 9.17) is 23.2 Å². The van der Waals surface area contributed by atoms with E-state index in [-0.39, 0.29) is 27.0 Å². The number of nitrogens with one attached hydrogen (secondary N) is 3. The molecule has 0 heterocycles. The van der Waals surface area contributed by atoms with Gasteiger partial charge in [-0.3, -0.25) is 20.4 Å². The van der Waals surface area contributed by atoms with E-state index < -0.39 is 29.4 Å². The van der Waals surface area contributed by atoms with Gasteiger partial charge < -0.3 is 10.4 Å². The second kappa shape index (κ2) is 8.44. The molecule has 0 aliphatic heterocycles. The molecule has 0 aliphatic rings. The molecule has 12 heteroatoms. The van der Waals surface area contributed by atoms with E-state index in [9.17, 15) is 32.3 Å². The Labute approximate surface area is 171 Å². The van der Waals surface area contributed by atoms with Gasteiger partial charge in [-0.15, -0.1) is 0 Å². The summed E-state index contributed by atoms with van der Waals surface area (Å²) in [5.41, 5.74) is 0.466. The number of benzene rings is 2. The van der Waals surface area contributed by atoms with Crippen LogP contribution in [0.2, 0.25) is 10.0 Å². The summed E-state index contributed by atoms with van der Waals surface area (Å²) in [5, 5.41) is 11.1. The van der Waals surface area contributed by atoms with Gasteiger partial charge in [-0.25, -0.2) is 4.39 Å². The van der Waals surface area contributed by atoms with Crippen molar-refractivity contribution in [2.45, 2.75) is 18.7 Å². The molecule has 0 saturated heterocycles. The fraction of sp³-hybridized carbons (Fsp3) is 0.176. The average molecular weight is 454 g/mol. The van der Waals surface area contributed by atoms with Gasteiger partial charge in [-0.05, 0) is 43.3 Å². The molecule has 2 amide bonds. The first-order chi connectivity index (χ1) is 13.3. The number of hydrogen-bond acceptors (Lipinski definition) is 4. The average Bonchev–Trinajstić information content (AvgIpc) is 2.62. The SMILES string of the molecule is CC(O)(C(=O)Nc1ccc(C(=O)NNc2cc(Cl)ccc2F)cc1Cl)C(F)(F)F. The molecule has 0 bridgehead atoms. The molecule has 2 rings (SSSR count). The third kappa shape index (κ3) is 5.28. The maximum absolute atomic E-state index is 13.6. The monoisotopic (exact) mass is 453 g/mol. The summed E-state index contributed by atoms with van der Waals surface area (Å²) in [6.45, 7) is 0.290. The van der Waals surface area contributed by atoms with E-state index in [0.29, 0.717) is 6.92 Å². The Hall–Kier alpha value is -2.56. The number of amides is 2. The predicted molar refractivity (Wildman–Crippen MR) is 99.3 cm³/mol. The van der Waals surface area contributed by atoms with Gasteiger partial charge in [0.15, 0.2) is 0 Å². The molecule has 4 N–H and O–H groups in total. The zero-order valence-corrected chi connectivity index (χ0v) is 16.0. The highest BCUT2D eigenvalue weighted by atomic mass is 35.5. The lowest BCUT2D eigenvalue weighted by molar-refractivity contribution is -0.242. The third-order valence-electron chi connectivity index (χ3n) is 3.71. The van der Waals surface area contributed by atoms with Crippen LogP contribution < -0.4 is 16.2 Å². The van der Waals surface area contributed by atoms with E-state index >= 15 is 0 Å². The zero-order valence-electron chi connectivity index (χ0n) is 14.5. The molecule has 0 fully saturated rings. The summed E-state index contributed by atoms with van der Waals surface area (Å²) in [7, 11) is 0. The van der Waals surface area contributed by atoms with Crippen molar-refractivity contribution in [3.63, 3.8) is 0 Å². The standard InChI is InChI=1S/C17H13Cl2F4N3O3/c1-16(29,17(21,22)23)15(28)24-12-5-2-8(6-10(12)19)14(27)26-25-13-7-9(18)3-4-11(13)20/h2-7,25,29H,1H3,(H,24,28)(H,26,27). The minimum atomic E-state index is -5.20. The second-order valence-electron chi connectivity index (χ2n) is 5.92. The van der Waals surface area contributed by atoms with Gasteiger partial charge in [0.05, 0.1) is 16.4 Å². The molecule has 0 saturated carbocycles. The summed E-state index contributed by atoms with van der Waals surface area (Å²) in [6.07, 6.45) is -5.20. The summed E-state index contributed by atoms with van der Waals surface area (Å²) in [6, 6.07) is 6.91. The highest BCUT2D eigenvalue weighted by molar-refractivity contribution is 6.34. The molecule has 2 aromatic carbocycles. The minimum Gasteiger partial charge on any atom is -0.373 e. The molecule has 1 atom stereocenters. The largest absolute Gasteiger partial charge is 0.426 e. The van der Waals surface area contributed by atoms with Gasteiger partial charge in [-0.1, -0.05) is 23.2 Å². The Morgan fingerprint density at radius 1 is 1.03 bits per heavy atom. The lowest BCUT2D eigenvalue weighted by Gasteiger charge is -2.25. The first kappa shape index (κ1) is 22.7. The predicted octanol–water partition coefficient (Wildman–Crippen LogP) is 4.14. The molecule has 6 nitrogen and oxygen atoms in total. The molecule has 0 spiro atoms. The van der Waals surface area contributed by atoms with Crippen LogP contribution in [0.15, 0.2) is 36.4 Å². The van der Waals surface area contributed by atoms with Crippen LogP contribution in [0, 0.1) is 5.82 Å². The number of anilines is 2. The highest BCUT2D eigenvalue weighted by Crippen LogP contribution is 2.32. The maximum atomic E-state index is 13.6. The van der Waals surface area contributed by atoms with Gasteiger partial charge in [0.1, 0.15) is 5.82 Å². The van der Waals surface area contributed by atoms with Gasteiger partial charge in [0.2, 0.25) is 5.60 Å². The van der Waals surface area contributed by atoms with Crippen molar-refractivity contribution in [2.24, 2.45) is 0 Å². The number of halogens is 6. The van der Waals surface area contributed by atoms with Crippen molar-refractivity contribution in [1.29, 1.82) is 0 Å². The van der Waals surface area contributed by atoms with Crippen LogP contribution in [-0.4, -0.2) is 28.7 Å². The fourth-order valence-corrected chi connectivity index (χ4v) is 2.32. The van der Waals surface area contributed by atoms with Crippen molar-refractivity contribution in [3.05, 3.63) is 57.8 Å². The molecular weight excluding hydrogens is 441 g/mol. The molecule has 29 heavy (non-hydrogen) atoms. The van der Waals surface area contributed by atoms with Crippen LogP contribution in [0.1, 0.15) is 17.3 Å². The van der Waals surface area contributed by atoms with E-state index in [1.807, 2.05) is 5.32 Å². The minimum absolute atomic E-state index is 0.0504. The number of hydrazine groups is 1. The van der Waals surface area contributed by atoms with Crippen molar-refractivity contribution >= 4 is 46.4 Å². The molecular formula is C17H13Cl2F4N3O3. The number of aliphatic hydroxyl groups is 1. The Bertz CT molecular complexity index is 952. The second-order valence-corrected chi connectivity index (χ2v) is 6.77. The summed E-state index contributed by atoms with van der Waals surface area (Å²) >= 11 is 11.6.